The Labute approximate surface area is 248 Å². The van der Waals surface area contributed by atoms with E-state index in [1.807, 2.05) is 20.8 Å². The molecule has 0 aromatic heterocycles. The lowest BCUT2D eigenvalue weighted by Crippen LogP contribution is -2.57. The Morgan fingerprint density at radius 2 is 1.59 bits per heavy atom. The topological polar surface area (TPSA) is 51.2 Å². The van der Waals surface area contributed by atoms with Gasteiger partial charge in [-0.05, 0) is 119 Å². The van der Waals surface area contributed by atoms with Crippen molar-refractivity contribution in [1.82, 2.24) is 0 Å². The quantitative estimate of drug-likeness (QED) is 0.339. The normalized spacial score (nSPS) is 31.3. The van der Waals surface area contributed by atoms with Crippen molar-refractivity contribution in [1.29, 1.82) is 0 Å². The number of ketones is 3. The van der Waals surface area contributed by atoms with Crippen LogP contribution in [-0.2, 0) is 22.4 Å². The average molecular weight is 557 g/mol. The second-order valence-electron chi connectivity index (χ2n) is 15.8. The van der Waals surface area contributed by atoms with Crippen LogP contribution in [0.5, 0.6) is 0 Å². The van der Waals surface area contributed by atoms with Gasteiger partial charge in [-0.15, -0.1) is 0 Å². The van der Waals surface area contributed by atoms with Gasteiger partial charge in [0.25, 0.3) is 0 Å². The number of rotatable bonds is 5. The van der Waals surface area contributed by atoms with E-state index in [9.17, 15) is 14.4 Å². The van der Waals surface area contributed by atoms with Gasteiger partial charge in [-0.1, -0.05) is 71.1 Å². The van der Waals surface area contributed by atoms with Crippen LogP contribution < -0.4 is 0 Å². The maximum absolute atomic E-state index is 14.8. The average Bonchev–Trinajstić information content (AvgIpc) is 2.85. The van der Waals surface area contributed by atoms with Crippen LogP contribution in [0.2, 0.25) is 0 Å². The van der Waals surface area contributed by atoms with Crippen LogP contribution in [0.3, 0.4) is 0 Å². The Hall–Kier alpha value is -2.29. The molecule has 4 aliphatic carbocycles. The zero-order valence-corrected chi connectivity index (χ0v) is 27.5. The SMILES string of the molecule is CC(=O)C1=C(C)CC2(C)CC3(C)Cc4c(C(C)C)cc(CCC5(C)CCCCC5)c(C)c4C(=O)C3=C(C)C2(C)C1=O. The molecule has 0 aliphatic heterocycles. The minimum absolute atomic E-state index is 0.0871. The van der Waals surface area contributed by atoms with Crippen LogP contribution >= 0.6 is 0 Å². The van der Waals surface area contributed by atoms with E-state index in [1.165, 1.54) is 62.1 Å². The zero-order chi connectivity index (χ0) is 30.3. The fraction of sp³-hybridized carbons (Fsp3) is 0.658. The molecule has 4 aliphatic rings. The molecule has 41 heavy (non-hydrogen) atoms. The Kier molecular flexibility index (Phi) is 7.27. The summed E-state index contributed by atoms with van der Waals surface area (Å²) in [5.74, 6) is 0.218. The van der Waals surface area contributed by atoms with E-state index in [0.717, 1.165) is 47.1 Å². The Morgan fingerprint density at radius 1 is 0.951 bits per heavy atom. The predicted octanol–water partition coefficient (Wildman–Crippen LogP) is 9.38. The molecule has 0 bridgehead atoms. The van der Waals surface area contributed by atoms with Crippen molar-refractivity contribution < 1.29 is 14.4 Å². The molecule has 0 N–H and O–H groups in total. The zero-order valence-electron chi connectivity index (χ0n) is 27.5. The van der Waals surface area contributed by atoms with Crippen molar-refractivity contribution in [2.45, 2.75) is 139 Å². The van der Waals surface area contributed by atoms with E-state index in [0.29, 0.717) is 23.3 Å². The minimum Gasteiger partial charge on any atom is -0.294 e. The summed E-state index contributed by atoms with van der Waals surface area (Å²) in [4.78, 5) is 41.7. The molecule has 0 spiro atoms. The summed E-state index contributed by atoms with van der Waals surface area (Å²) in [5.41, 5.74) is 7.77. The van der Waals surface area contributed by atoms with Crippen molar-refractivity contribution >= 4 is 17.3 Å². The largest absolute Gasteiger partial charge is 0.294 e. The summed E-state index contributed by atoms with van der Waals surface area (Å²) in [5, 5.41) is 0. The molecule has 1 aromatic carbocycles. The monoisotopic (exact) mass is 556 g/mol. The summed E-state index contributed by atoms with van der Waals surface area (Å²) in [6, 6.07) is 2.44. The maximum Gasteiger partial charge on any atom is 0.190 e. The van der Waals surface area contributed by atoms with E-state index in [2.05, 4.69) is 47.6 Å². The number of aryl methyl sites for hydroxylation is 1. The second kappa shape index (κ2) is 9.88. The van der Waals surface area contributed by atoms with Crippen molar-refractivity contribution in [3.8, 4) is 0 Å². The molecule has 3 nitrogen and oxygen atoms in total. The van der Waals surface area contributed by atoms with Crippen LogP contribution in [0.15, 0.2) is 28.4 Å². The highest BCUT2D eigenvalue weighted by Gasteiger charge is 2.63. The first kappa shape index (κ1) is 30.2. The molecule has 3 heteroatoms. The molecule has 3 unspecified atom stereocenters. The molecular weight excluding hydrogens is 504 g/mol. The fourth-order valence-electron chi connectivity index (χ4n) is 9.93. The number of carbonyl (C=O) groups excluding carboxylic acids is 3. The van der Waals surface area contributed by atoms with Gasteiger partial charge in [0.2, 0.25) is 0 Å². The van der Waals surface area contributed by atoms with E-state index < -0.39 is 5.41 Å². The third kappa shape index (κ3) is 4.39. The van der Waals surface area contributed by atoms with Crippen LogP contribution in [0.4, 0.5) is 0 Å². The van der Waals surface area contributed by atoms with Crippen molar-refractivity contribution in [3.05, 3.63) is 56.2 Å². The summed E-state index contributed by atoms with van der Waals surface area (Å²) in [7, 11) is 0. The second-order valence-corrected chi connectivity index (χ2v) is 15.8. The van der Waals surface area contributed by atoms with Gasteiger partial charge in [0.15, 0.2) is 17.3 Å². The van der Waals surface area contributed by atoms with Gasteiger partial charge in [0.1, 0.15) is 0 Å². The molecule has 5 rings (SSSR count). The van der Waals surface area contributed by atoms with Gasteiger partial charge in [-0.3, -0.25) is 14.4 Å². The lowest BCUT2D eigenvalue weighted by molar-refractivity contribution is -0.134. The van der Waals surface area contributed by atoms with Crippen molar-refractivity contribution in [2.24, 2.45) is 21.7 Å². The van der Waals surface area contributed by atoms with Gasteiger partial charge in [-0.2, -0.15) is 0 Å². The summed E-state index contributed by atoms with van der Waals surface area (Å²) < 4.78 is 0. The van der Waals surface area contributed by atoms with Gasteiger partial charge in [0, 0.05) is 16.6 Å². The number of carbonyl (C=O) groups is 3. The first-order valence-electron chi connectivity index (χ1n) is 16.2. The highest BCUT2D eigenvalue weighted by molar-refractivity contribution is 6.24. The van der Waals surface area contributed by atoms with Crippen LogP contribution in [0.1, 0.15) is 152 Å². The number of hydrogen-bond donors (Lipinski definition) is 0. The lowest BCUT2D eigenvalue weighted by atomic mass is 9.42. The highest BCUT2D eigenvalue weighted by Crippen LogP contribution is 2.66. The van der Waals surface area contributed by atoms with Crippen LogP contribution in [0.25, 0.3) is 0 Å². The molecule has 222 valence electrons. The summed E-state index contributed by atoms with van der Waals surface area (Å²) in [6.07, 6.45) is 11.1. The van der Waals surface area contributed by atoms with E-state index in [-0.39, 0.29) is 28.2 Å². The third-order valence-electron chi connectivity index (χ3n) is 12.4. The smallest absolute Gasteiger partial charge is 0.190 e. The number of Topliss-reactive ketones (excluding diaryl/α,β-unsaturated/α-hetero) is 3. The standard InChI is InChI=1S/C38H52O3/c1-22(2)28-18-27(14-17-35(7)15-12-11-13-16-35)24(4)31-29(28)20-36(8)21-37(9)19-23(3)30(26(6)39)34(41)38(37,10)25(5)32(36)33(31)40/h18,22H,11-17,19-21H2,1-10H3. The molecule has 3 atom stereocenters. The van der Waals surface area contributed by atoms with Gasteiger partial charge in [0.05, 0.1) is 11.0 Å². The number of fused-ring (bicyclic) bond motifs is 3. The molecule has 0 saturated heterocycles. The minimum atomic E-state index is -0.864. The van der Waals surface area contributed by atoms with Gasteiger partial charge >= 0.3 is 0 Å². The molecule has 1 fully saturated rings. The van der Waals surface area contributed by atoms with Crippen LogP contribution in [0, 0.1) is 28.6 Å². The van der Waals surface area contributed by atoms with Gasteiger partial charge < -0.3 is 0 Å². The van der Waals surface area contributed by atoms with E-state index in [4.69, 9.17) is 0 Å². The maximum atomic E-state index is 14.8. The molecule has 1 saturated carbocycles. The van der Waals surface area contributed by atoms with E-state index >= 15 is 0 Å². The molecule has 1 aromatic rings. The Bertz CT molecular complexity index is 1410. The molecule has 0 heterocycles. The highest BCUT2D eigenvalue weighted by atomic mass is 16.2. The number of allylic oxidation sites excluding steroid dienone is 4. The predicted molar refractivity (Wildman–Crippen MR) is 167 cm³/mol. The summed E-state index contributed by atoms with van der Waals surface area (Å²) >= 11 is 0. The lowest BCUT2D eigenvalue weighted by Gasteiger charge is -2.59. The number of benzene rings is 1. The Balaban J connectivity index is 1.66. The Morgan fingerprint density at radius 3 is 2.17 bits per heavy atom. The number of hydrogen-bond acceptors (Lipinski definition) is 3. The first-order valence-corrected chi connectivity index (χ1v) is 16.2. The molecule has 0 radical (unpaired) electrons. The van der Waals surface area contributed by atoms with Crippen molar-refractivity contribution in [3.63, 3.8) is 0 Å². The third-order valence-corrected chi connectivity index (χ3v) is 12.4. The molecule has 0 amide bonds. The van der Waals surface area contributed by atoms with Gasteiger partial charge in [-0.25, -0.2) is 0 Å². The first-order chi connectivity index (χ1) is 19.0. The summed E-state index contributed by atoms with van der Waals surface area (Å²) in [6.45, 7) is 21.1. The van der Waals surface area contributed by atoms with Crippen LogP contribution in [-0.4, -0.2) is 17.3 Å². The fourth-order valence-corrected chi connectivity index (χ4v) is 9.93. The van der Waals surface area contributed by atoms with Crippen molar-refractivity contribution in [2.75, 3.05) is 0 Å². The van der Waals surface area contributed by atoms with E-state index in [1.54, 1.807) is 0 Å². The molecular formula is C38H52O3.